The predicted molar refractivity (Wildman–Crippen MR) is 77.2 cm³/mol. The summed E-state index contributed by atoms with van der Waals surface area (Å²) in [5.74, 6) is -0.873. The third kappa shape index (κ3) is 3.64. The van der Waals surface area contributed by atoms with Crippen LogP contribution < -0.4 is 5.32 Å². The Morgan fingerprint density at radius 2 is 2.10 bits per heavy atom. The molecule has 6 heteroatoms. The maximum Gasteiger partial charge on any atom is 0.303 e. The molecule has 1 aliphatic rings. The summed E-state index contributed by atoms with van der Waals surface area (Å²) < 4.78 is 0. The molecule has 20 heavy (non-hydrogen) atoms. The minimum absolute atomic E-state index is 0.0450. The predicted octanol–water partition coefficient (Wildman–Crippen LogP) is 3.08. The van der Waals surface area contributed by atoms with Crippen molar-refractivity contribution in [3.8, 4) is 0 Å². The van der Waals surface area contributed by atoms with Crippen molar-refractivity contribution in [2.75, 3.05) is 6.54 Å². The van der Waals surface area contributed by atoms with Gasteiger partial charge in [0.05, 0.1) is 10.0 Å². The van der Waals surface area contributed by atoms with Crippen molar-refractivity contribution in [3.05, 3.63) is 33.8 Å². The zero-order valence-electron chi connectivity index (χ0n) is 10.7. The van der Waals surface area contributed by atoms with Gasteiger partial charge in [0.1, 0.15) is 0 Å². The van der Waals surface area contributed by atoms with Gasteiger partial charge in [-0.15, -0.1) is 0 Å². The summed E-state index contributed by atoms with van der Waals surface area (Å²) in [6.07, 6.45) is 1.26. The van der Waals surface area contributed by atoms with E-state index in [1.54, 1.807) is 6.07 Å². The summed E-state index contributed by atoms with van der Waals surface area (Å²) in [5, 5.41) is 12.3. The van der Waals surface area contributed by atoms with Crippen LogP contribution in [0.3, 0.4) is 0 Å². The van der Waals surface area contributed by atoms with Gasteiger partial charge in [0.25, 0.3) is 0 Å². The topological polar surface area (TPSA) is 66.4 Å². The van der Waals surface area contributed by atoms with Gasteiger partial charge >= 0.3 is 5.97 Å². The number of halogens is 2. The van der Waals surface area contributed by atoms with Crippen LogP contribution in [0.15, 0.2) is 18.2 Å². The van der Waals surface area contributed by atoms with E-state index in [0.29, 0.717) is 23.0 Å². The number of carbonyl (C=O) groups is 2. The number of rotatable bonds is 6. The molecule has 0 spiro atoms. The summed E-state index contributed by atoms with van der Waals surface area (Å²) >= 11 is 12.1. The summed E-state index contributed by atoms with van der Waals surface area (Å²) in [6.45, 7) is 0.387. The Bertz CT molecular complexity index is 533. The van der Waals surface area contributed by atoms with Crippen molar-refractivity contribution in [3.63, 3.8) is 0 Å². The molecule has 2 atom stereocenters. The first-order valence-electron chi connectivity index (χ1n) is 6.44. The van der Waals surface area contributed by atoms with E-state index in [4.69, 9.17) is 28.3 Å². The first kappa shape index (κ1) is 15.1. The van der Waals surface area contributed by atoms with Crippen molar-refractivity contribution in [2.45, 2.75) is 25.2 Å². The SMILES string of the molecule is O=C(O)CCCNC(=O)[C@@H]1C[C@H]1c1cccc(Cl)c1Cl. The number of nitrogens with one attached hydrogen (secondary N) is 1. The summed E-state index contributed by atoms with van der Waals surface area (Å²) in [6, 6.07) is 5.43. The molecule has 1 aliphatic carbocycles. The van der Waals surface area contributed by atoms with Gasteiger partial charge in [0.15, 0.2) is 0 Å². The van der Waals surface area contributed by atoms with E-state index in [-0.39, 0.29) is 24.2 Å². The first-order valence-corrected chi connectivity index (χ1v) is 7.19. The van der Waals surface area contributed by atoms with E-state index in [0.717, 1.165) is 12.0 Å². The number of amides is 1. The number of carboxylic acids is 1. The van der Waals surface area contributed by atoms with E-state index >= 15 is 0 Å². The monoisotopic (exact) mass is 315 g/mol. The molecule has 0 saturated heterocycles. The van der Waals surface area contributed by atoms with Gasteiger partial charge in [-0.1, -0.05) is 35.3 Å². The standard InChI is InChI=1S/C14H15Cl2NO3/c15-11-4-1-3-8(13(11)16)9-7-10(9)14(20)17-6-2-5-12(18)19/h1,3-4,9-10H,2,5-7H2,(H,17,20)(H,18,19)/t9-,10+/m0/s1. The minimum atomic E-state index is -0.853. The van der Waals surface area contributed by atoms with Crippen molar-refractivity contribution in [1.82, 2.24) is 5.32 Å². The number of carbonyl (C=O) groups excluding carboxylic acids is 1. The second-order valence-corrected chi connectivity index (χ2v) is 5.67. The van der Waals surface area contributed by atoms with Gasteiger partial charge < -0.3 is 10.4 Å². The lowest BCUT2D eigenvalue weighted by Gasteiger charge is -2.06. The molecule has 0 heterocycles. The fourth-order valence-electron chi connectivity index (χ4n) is 2.22. The molecule has 2 rings (SSSR count). The average molecular weight is 316 g/mol. The maximum atomic E-state index is 11.9. The Morgan fingerprint density at radius 3 is 2.80 bits per heavy atom. The van der Waals surface area contributed by atoms with E-state index in [9.17, 15) is 9.59 Å². The third-order valence-electron chi connectivity index (χ3n) is 3.37. The molecular formula is C14H15Cl2NO3. The normalized spacial score (nSPS) is 20.5. The van der Waals surface area contributed by atoms with Crippen molar-refractivity contribution >= 4 is 35.1 Å². The Morgan fingerprint density at radius 1 is 1.35 bits per heavy atom. The van der Waals surface area contributed by atoms with E-state index in [1.165, 1.54) is 0 Å². The molecular weight excluding hydrogens is 301 g/mol. The van der Waals surface area contributed by atoms with Crippen LogP contribution in [0.5, 0.6) is 0 Å². The molecule has 4 nitrogen and oxygen atoms in total. The smallest absolute Gasteiger partial charge is 0.303 e. The highest BCUT2D eigenvalue weighted by molar-refractivity contribution is 6.42. The summed E-state index contributed by atoms with van der Waals surface area (Å²) in [5.41, 5.74) is 0.907. The Labute approximate surface area is 127 Å². The van der Waals surface area contributed by atoms with Crippen LogP contribution in [-0.2, 0) is 9.59 Å². The van der Waals surface area contributed by atoms with Gasteiger partial charge in [0.2, 0.25) is 5.91 Å². The Balaban J connectivity index is 1.83. The highest BCUT2D eigenvalue weighted by atomic mass is 35.5. The number of benzene rings is 1. The summed E-state index contributed by atoms with van der Waals surface area (Å²) in [7, 11) is 0. The first-order chi connectivity index (χ1) is 9.50. The number of hydrogen-bond donors (Lipinski definition) is 2. The average Bonchev–Trinajstić information content (AvgIpc) is 3.17. The highest BCUT2D eigenvalue weighted by Gasteiger charge is 2.44. The molecule has 0 aromatic heterocycles. The van der Waals surface area contributed by atoms with E-state index < -0.39 is 5.97 Å². The summed E-state index contributed by atoms with van der Waals surface area (Å²) in [4.78, 5) is 22.3. The zero-order chi connectivity index (χ0) is 14.7. The van der Waals surface area contributed by atoms with Gasteiger partial charge in [-0.25, -0.2) is 0 Å². The number of carboxylic acid groups (broad SMARTS) is 1. The van der Waals surface area contributed by atoms with Crippen molar-refractivity contribution in [2.24, 2.45) is 5.92 Å². The lowest BCUT2D eigenvalue weighted by Crippen LogP contribution is -2.26. The maximum absolute atomic E-state index is 11.9. The Hall–Kier alpha value is -1.26. The molecule has 1 aromatic carbocycles. The van der Waals surface area contributed by atoms with Crippen LogP contribution in [0.1, 0.15) is 30.7 Å². The zero-order valence-corrected chi connectivity index (χ0v) is 12.2. The van der Waals surface area contributed by atoms with Crippen LogP contribution in [0.25, 0.3) is 0 Å². The van der Waals surface area contributed by atoms with Crippen LogP contribution in [0.2, 0.25) is 10.0 Å². The molecule has 0 unspecified atom stereocenters. The fourth-order valence-corrected chi connectivity index (χ4v) is 2.67. The van der Waals surface area contributed by atoms with E-state index in [1.807, 2.05) is 12.1 Å². The quantitative estimate of drug-likeness (QED) is 0.793. The van der Waals surface area contributed by atoms with Gasteiger partial charge in [-0.2, -0.15) is 0 Å². The van der Waals surface area contributed by atoms with Gasteiger partial charge in [0, 0.05) is 18.9 Å². The highest BCUT2D eigenvalue weighted by Crippen LogP contribution is 2.50. The third-order valence-corrected chi connectivity index (χ3v) is 4.21. The van der Waals surface area contributed by atoms with Crippen LogP contribution in [-0.4, -0.2) is 23.5 Å². The van der Waals surface area contributed by atoms with Gasteiger partial charge in [-0.05, 0) is 30.4 Å². The molecule has 108 valence electrons. The Kier molecular flexibility index (Phi) is 4.89. The molecule has 1 saturated carbocycles. The van der Waals surface area contributed by atoms with E-state index in [2.05, 4.69) is 5.32 Å². The lowest BCUT2D eigenvalue weighted by molar-refractivity contribution is -0.137. The van der Waals surface area contributed by atoms with Crippen molar-refractivity contribution in [1.29, 1.82) is 0 Å². The van der Waals surface area contributed by atoms with Crippen LogP contribution >= 0.6 is 23.2 Å². The minimum Gasteiger partial charge on any atom is -0.481 e. The molecule has 2 N–H and O–H groups in total. The fraction of sp³-hybridized carbons (Fsp3) is 0.429. The number of hydrogen-bond acceptors (Lipinski definition) is 2. The van der Waals surface area contributed by atoms with Crippen LogP contribution in [0.4, 0.5) is 0 Å². The molecule has 1 amide bonds. The molecule has 0 radical (unpaired) electrons. The number of aliphatic carboxylic acids is 1. The molecule has 0 aliphatic heterocycles. The van der Waals surface area contributed by atoms with Gasteiger partial charge in [-0.3, -0.25) is 9.59 Å². The second kappa shape index (κ2) is 6.46. The molecule has 1 fully saturated rings. The van der Waals surface area contributed by atoms with Crippen molar-refractivity contribution < 1.29 is 14.7 Å². The molecule has 0 bridgehead atoms. The second-order valence-electron chi connectivity index (χ2n) is 4.88. The molecule has 1 aromatic rings. The lowest BCUT2D eigenvalue weighted by atomic mass is 10.1. The largest absolute Gasteiger partial charge is 0.481 e. The van der Waals surface area contributed by atoms with Crippen LogP contribution in [0, 0.1) is 5.92 Å².